The van der Waals surface area contributed by atoms with Gasteiger partial charge in [0.15, 0.2) is 5.13 Å². The first-order valence-electron chi connectivity index (χ1n) is 9.84. The zero-order chi connectivity index (χ0) is 21.8. The van der Waals surface area contributed by atoms with Crippen LogP contribution in [0, 0.1) is 10.1 Å². The average Bonchev–Trinajstić information content (AvgIpc) is 3.44. The van der Waals surface area contributed by atoms with E-state index in [1.54, 1.807) is 34.9 Å². The van der Waals surface area contributed by atoms with Gasteiger partial charge in [-0.3, -0.25) is 19.8 Å². The first-order chi connectivity index (χ1) is 15.0. The number of fused-ring (bicyclic) bond motifs is 1. The van der Waals surface area contributed by atoms with Crippen LogP contribution in [0.3, 0.4) is 0 Å². The first-order valence-corrected chi connectivity index (χ1v) is 11.9. The van der Waals surface area contributed by atoms with Crippen LogP contribution in [0.25, 0.3) is 16.3 Å². The van der Waals surface area contributed by atoms with Gasteiger partial charge in [-0.05, 0) is 61.1 Å². The Hall–Kier alpha value is -2.75. The number of carbonyl (C=O) groups excluding carboxylic acids is 1. The van der Waals surface area contributed by atoms with Crippen LogP contribution in [0.15, 0.2) is 53.4 Å². The molecular formula is C22H21N3O4S2. The summed E-state index contributed by atoms with van der Waals surface area (Å²) in [6.07, 6.45) is 7.06. The van der Waals surface area contributed by atoms with Crippen molar-refractivity contribution in [2.45, 2.75) is 23.8 Å². The molecule has 0 saturated carbocycles. The largest absolute Gasteiger partial charge is 0.376 e. The molecule has 3 aromatic rings. The summed E-state index contributed by atoms with van der Waals surface area (Å²) in [5.74, 6) is -0.196. The van der Waals surface area contributed by atoms with Crippen molar-refractivity contribution in [3.63, 3.8) is 0 Å². The Morgan fingerprint density at radius 3 is 2.84 bits per heavy atom. The Morgan fingerprint density at radius 1 is 1.35 bits per heavy atom. The van der Waals surface area contributed by atoms with Crippen LogP contribution in [0.2, 0.25) is 0 Å². The Kier molecular flexibility index (Phi) is 6.64. The molecule has 1 aliphatic heterocycles. The van der Waals surface area contributed by atoms with Gasteiger partial charge in [-0.15, -0.1) is 11.8 Å². The molecule has 4 rings (SSSR count). The highest BCUT2D eigenvalue weighted by molar-refractivity contribution is 7.98. The third kappa shape index (κ3) is 5.12. The van der Waals surface area contributed by atoms with Crippen molar-refractivity contribution in [3.05, 3.63) is 64.2 Å². The van der Waals surface area contributed by atoms with Crippen LogP contribution in [0.5, 0.6) is 0 Å². The van der Waals surface area contributed by atoms with Gasteiger partial charge in [-0.1, -0.05) is 11.3 Å². The Bertz CT molecular complexity index is 1120. The number of thiazole rings is 1. The van der Waals surface area contributed by atoms with E-state index < -0.39 is 4.92 Å². The van der Waals surface area contributed by atoms with Crippen LogP contribution in [0.4, 0.5) is 10.8 Å². The third-order valence-corrected chi connectivity index (χ3v) is 6.78. The molecule has 0 N–H and O–H groups in total. The van der Waals surface area contributed by atoms with E-state index in [-0.39, 0.29) is 17.7 Å². The van der Waals surface area contributed by atoms with Crippen molar-refractivity contribution in [1.29, 1.82) is 0 Å². The van der Waals surface area contributed by atoms with Gasteiger partial charge in [0.1, 0.15) is 0 Å². The van der Waals surface area contributed by atoms with Crippen LogP contribution >= 0.6 is 23.1 Å². The van der Waals surface area contributed by atoms with Crippen LogP contribution < -0.4 is 4.90 Å². The number of amides is 1. The quantitative estimate of drug-likeness (QED) is 0.212. The fraction of sp³-hybridized carbons (Fsp3) is 0.273. The number of ether oxygens (including phenoxy) is 1. The van der Waals surface area contributed by atoms with E-state index in [0.29, 0.717) is 23.8 Å². The van der Waals surface area contributed by atoms with E-state index >= 15 is 0 Å². The number of rotatable bonds is 7. The standard InChI is InChI=1S/C22H21N3O4S2/c1-30-18-9-10-19-20(13-18)31-22(23-19)24(14-17-3-2-12-29-17)21(26)11-6-15-4-7-16(8-5-15)25(27)28/h4-11,13,17H,2-3,12,14H2,1H3/b11-6-. The third-order valence-electron chi connectivity index (χ3n) is 5.01. The van der Waals surface area contributed by atoms with Gasteiger partial charge in [-0.2, -0.15) is 0 Å². The predicted octanol–water partition coefficient (Wildman–Crippen LogP) is 5.15. The summed E-state index contributed by atoms with van der Waals surface area (Å²) in [7, 11) is 0. The Morgan fingerprint density at radius 2 is 2.16 bits per heavy atom. The normalized spacial score (nSPS) is 16.2. The summed E-state index contributed by atoms with van der Waals surface area (Å²) < 4.78 is 6.79. The second-order valence-corrected chi connectivity index (χ2v) is 8.98. The molecule has 31 heavy (non-hydrogen) atoms. The Balaban J connectivity index is 1.59. The van der Waals surface area contributed by atoms with E-state index in [2.05, 4.69) is 11.1 Å². The number of aromatic nitrogens is 1. The fourth-order valence-corrected chi connectivity index (χ4v) is 4.89. The van der Waals surface area contributed by atoms with E-state index in [1.807, 2.05) is 18.4 Å². The number of nitro benzene ring substituents is 1. The fourth-order valence-electron chi connectivity index (χ4n) is 3.35. The van der Waals surface area contributed by atoms with Crippen molar-refractivity contribution >= 4 is 56.1 Å². The number of thioether (sulfide) groups is 1. The highest BCUT2D eigenvalue weighted by atomic mass is 32.2. The number of non-ortho nitro benzene ring substituents is 1. The van der Waals surface area contributed by atoms with Gasteiger partial charge in [-0.25, -0.2) is 4.98 Å². The molecule has 1 aromatic heterocycles. The maximum atomic E-state index is 13.1. The molecule has 0 aliphatic carbocycles. The number of anilines is 1. The van der Waals surface area contributed by atoms with Crippen molar-refractivity contribution < 1.29 is 14.5 Å². The van der Waals surface area contributed by atoms with E-state index in [1.165, 1.54) is 29.5 Å². The van der Waals surface area contributed by atoms with Crippen LogP contribution in [0.1, 0.15) is 18.4 Å². The zero-order valence-corrected chi connectivity index (χ0v) is 18.5. The molecule has 1 atom stereocenters. The molecule has 0 spiro atoms. The summed E-state index contributed by atoms with van der Waals surface area (Å²) in [4.78, 5) is 31.0. The summed E-state index contributed by atoms with van der Waals surface area (Å²) >= 11 is 3.16. The average molecular weight is 456 g/mol. The van der Waals surface area contributed by atoms with Crippen molar-refractivity contribution in [2.75, 3.05) is 24.3 Å². The number of nitro groups is 1. The lowest BCUT2D eigenvalue weighted by atomic mass is 10.2. The number of carbonyl (C=O) groups is 1. The van der Waals surface area contributed by atoms with E-state index in [9.17, 15) is 14.9 Å². The second-order valence-electron chi connectivity index (χ2n) is 7.10. The van der Waals surface area contributed by atoms with Gasteiger partial charge in [0, 0.05) is 29.7 Å². The summed E-state index contributed by atoms with van der Waals surface area (Å²) in [6.45, 7) is 1.15. The van der Waals surface area contributed by atoms with Crippen molar-refractivity contribution in [1.82, 2.24) is 4.98 Å². The highest BCUT2D eigenvalue weighted by Gasteiger charge is 2.25. The number of hydrogen-bond acceptors (Lipinski definition) is 7. The van der Waals surface area contributed by atoms with Crippen LogP contribution in [-0.4, -0.2) is 41.3 Å². The van der Waals surface area contributed by atoms with Gasteiger partial charge < -0.3 is 4.74 Å². The summed E-state index contributed by atoms with van der Waals surface area (Å²) in [5, 5.41) is 11.5. The maximum Gasteiger partial charge on any atom is 0.269 e. The minimum absolute atomic E-state index is 0.00880. The topological polar surface area (TPSA) is 85.6 Å². The lowest BCUT2D eigenvalue weighted by molar-refractivity contribution is -0.384. The molecule has 0 radical (unpaired) electrons. The molecule has 9 heteroatoms. The number of nitrogens with zero attached hydrogens (tertiary/aromatic N) is 3. The van der Waals surface area contributed by atoms with Crippen molar-refractivity contribution in [2.24, 2.45) is 0 Å². The molecule has 1 saturated heterocycles. The summed E-state index contributed by atoms with van der Waals surface area (Å²) in [5.41, 5.74) is 1.59. The smallest absolute Gasteiger partial charge is 0.269 e. The van der Waals surface area contributed by atoms with Gasteiger partial charge in [0.05, 0.1) is 27.8 Å². The van der Waals surface area contributed by atoms with Crippen LogP contribution in [-0.2, 0) is 9.53 Å². The van der Waals surface area contributed by atoms with Gasteiger partial charge in [0.2, 0.25) is 0 Å². The van der Waals surface area contributed by atoms with E-state index in [0.717, 1.165) is 28.0 Å². The SMILES string of the molecule is CSc1ccc2nc(N(CC3CCCO3)C(=O)/C=C\c3ccc([N+](=O)[O-])cc3)sc2c1. The maximum absolute atomic E-state index is 13.1. The monoisotopic (exact) mass is 455 g/mol. The minimum Gasteiger partial charge on any atom is -0.376 e. The molecule has 2 aromatic carbocycles. The predicted molar refractivity (Wildman–Crippen MR) is 125 cm³/mol. The molecule has 2 heterocycles. The van der Waals surface area contributed by atoms with Crippen molar-refractivity contribution in [3.8, 4) is 0 Å². The molecule has 1 aliphatic rings. The molecule has 0 bridgehead atoms. The lowest BCUT2D eigenvalue weighted by Gasteiger charge is -2.21. The molecule has 1 unspecified atom stereocenters. The molecule has 1 amide bonds. The first kappa shape index (κ1) is 21.5. The lowest BCUT2D eigenvalue weighted by Crippen LogP contribution is -2.36. The molecule has 7 nitrogen and oxygen atoms in total. The van der Waals surface area contributed by atoms with Gasteiger partial charge >= 0.3 is 0 Å². The van der Waals surface area contributed by atoms with E-state index in [4.69, 9.17) is 4.74 Å². The second kappa shape index (κ2) is 9.59. The zero-order valence-electron chi connectivity index (χ0n) is 16.9. The highest BCUT2D eigenvalue weighted by Crippen LogP contribution is 2.32. The summed E-state index contributed by atoms with van der Waals surface area (Å²) in [6, 6.07) is 12.2. The molecule has 1 fully saturated rings. The number of benzene rings is 2. The molecular weight excluding hydrogens is 434 g/mol. The number of hydrogen-bond donors (Lipinski definition) is 0. The molecule has 160 valence electrons. The van der Waals surface area contributed by atoms with Gasteiger partial charge in [0.25, 0.3) is 11.6 Å². The Labute approximate surface area is 187 Å². The minimum atomic E-state index is -0.447.